The van der Waals surface area contributed by atoms with Gasteiger partial charge in [0.2, 0.25) is 10.0 Å². The van der Waals surface area contributed by atoms with Gasteiger partial charge in [-0.1, -0.05) is 29.8 Å². The summed E-state index contributed by atoms with van der Waals surface area (Å²) in [6.07, 6.45) is 1.86. The summed E-state index contributed by atoms with van der Waals surface area (Å²) >= 11 is 1.63. The molecule has 0 aliphatic heterocycles. The van der Waals surface area contributed by atoms with Crippen LogP contribution in [0.5, 0.6) is 0 Å². The normalized spacial score (nSPS) is 11.7. The van der Waals surface area contributed by atoms with Gasteiger partial charge in [-0.2, -0.15) is 16.4 Å². The fourth-order valence-electron chi connectivity index (χ4n) is 2.44. The second-order valence-corrected chi connectivity index (χ2v) is 8.21. The van der Waals surface area contributed by atoms with Crippen molar-refractivity contribution in [3.63, 3.8) is 0 Å². The fraction of sp³-hybridized carbons (Fsp3) is 0.235. The first kappa shape index (κ1) is 16.9. The summed E-state index contributed by atoms with van der Waals surface area (Å²) < 4.78 is 28.7. The molecule has 5 nitrogen and oxygen atoms in total. The average molecular weight is 361 g/mol. The van der Waals surface area contributed by atoms with Gasteiger partial charge in [0, 0.05) is 23.7 Å². The smallest absolute Gasteiger partial charge is 0.215 e. The largest absolute Gasteiger partial charge is 0.271 e. The Bertz CT molecular complexity index is 900. The van der Waals surface area contributed by atoms with Gasteiger partial charge in [-0.25, -0.2) is 13.1 Å². The predicted octanol–water partition coefficient (Wildman–Crippen LogP) is 3.04. The molecule has 0 amide bonds. The van der Waals surface area contributed by atoms with Crippen molar-refractivity contribution in [1.82, 2.24) is 14.5 Å². The molecule has 1 aromatic carbocycles. The van der Waals surface area contributed by atoms with Crippen LogP contribution in [0.4, 0.5) is 0 Å². The molecule has 0 fully saturated rings. The molecule has 0 spiro atoms. The molecule has 2 heterocycles. The summed E-state index contributed by atoms with van der Waals surface area (Å²) in [6.45, 7) is 2.77. The molecule has 0 saturated heterocycles. The summed E-state index contributed by atoms with van der Waals surface area (Å²) in [6, 6.07) is 11.5. The third-order valence-corrected chi connectivity index (χ3v) is 5.60. The van der Waals surface area contributed by atoms with Gasteiger partial charge in [0.25, 0.3) is 0 Å². The number of sulfonamides is 1. The Morgan fingerprint density at radius 2 is 2.12 bits per heavy atom. The van der Waals surface area contributed by atoms with Crippen LogP contribution in [0.15, 0.2) is 53.4 Å². The van der Waals surface area contributed by atoms with Gasteiger partial charge in [-0.05, 0) is 30.0 Å². The van der Waals surface area contributed by atoms with Crippen LogP contribution in [0.3, 0.4) is 0 Å². The van der Waals surface area contributed by atoms with Crippen molar-refractivity contribution < 1.29 is 8.42 Å². The van der Waals surface area contributed by atoms with E-state index in [1.807, 2.05) is 60.3 Å². The predicted molar refractivity (Wildman–Crippen MR) is 97.3 cm³/mol. The van der Waals surface area contributed by atoms with E-state index in [0.29, 0.717) is 13.1 Å². The topological polar surface area (TPSA) is 64.0 Å². The zero-order chi connectivity index (χ0) is 17.0. The number of aryl methyl sites for hydroxylation is 1. The lowest BCUT2D eigenvalue weighted by atomic mass is 10.2. The third kappa shape index (κ3) is 4.53. The zero-order valence-electron chi connectivity index (χ0n) is 13.3. The van der Waals surface area contributed by atoms with Crippen molar-refractivity contribution in [2.45, 2.75) is 19.2 Å². The number of hydrogen-bond donors (Lipinski definition) is 1. The van der Waals surface area contributed by atoms with Crippen LogP contribution in [0.25, 0.3) is 11.3 Å². The van der Waals surface area contributed by atoms with E-state index < -0.39 is 10.0 Å². The zero-order valence-corrected chi connectivity index (χ0v) is 15.0. The first-order valence-corrected chi connectivity index (χ1v) is 10.2. The summed E-state index contributed by atoms with van der Waals surface area (Å²) in [5.74, 6) is -0.00601. The lowest BCUT2D eigenvalue weighted by Crippen LogP contribution is -2.28. The van der Waals surface area contributed by atoms with Crippen LogP contribution < -0.4 is 4.72 Å². The quantitative estimate of drug-likeness (QED) is 0.703. The van der Waals surface area contributed by atoms with Crippen LogP contribution in [0.1, 0.15) is 11.1 Å². The number of aromatic nitrogens is 2. The second-order valence-electron chi connectivity index (χ2n) is 5.62. The maximum absolute atomic E-state index is 12.2. The lowest BCUT2D eigenvalue weighted by molar-refractivity contribution is 0.560. The van der Waals surface area contributed by atoms with Gasteiger partial charge >= 0.3 is 0 Å². The van der Waals surface area contributed by atoms with Gasteiger partial charge in [-0.15, -0.1) is 0 Å². The Morgan fingerprint density at radius 1 is 1.25 bits per heavy atom. The highest BCUT2D eigenvalue weighted by molar-refractivity contribution is 7.88. The molecule has 0 saturated carbocycles. The number of benzene rings is 1. The molecule has 0 radical (unpaired) electrons. The van der Waals surface area contributed by atoms with Crippen LogP contribution >= 0.6 is 11.3 Å². The van der Waals surface area contributed by atoms with Gasteiger partial charge in [0.15, 0.2) is 0 Å². The Labute approximate surface area is 146 Å². The molecule has 0 unspecified atom stereocenters. The molecule has 24 heavy (non-hydrogen) atoms. The minimum atomic E-state index is -3.35. The highest BCUT2D eigenvalue weighted by Gasteiger charge is 2.11. The van der Waals surface area contributed by atoms with E-state index in [0.717, 1.165) is 22.4 Å². The van der Waals surface area contributed by atoms with E-state index >= 15 is 0 Å². The SMILES string of the molecule is Cc1cccc(CS(=O)(=O)NCCn2ccc(-c3ccsc3)n2)c1. The summed E-state index contributed by atoms with van der Waals surface area (Å²) in [5.41, 5.74) is 3.83. The Kier molecular flexibility index (Phi) is 5.13. The number of nitrogens with zero attached hydrogens (tertiary/aromatic N) is 2. The summed E-state index contributed by atoms with van der Waals surface area (Å²) in [4.78, 5) is 0. The molecule has 0 aliphatic carbocycles. The molecular weight excluding hydrogens is 342 g/mol. The average Bonchev–Trinajstić information content (AvgIpc) is 3.17. The van der Waals surface area contributed by atoms with Crippen molar-refractivity contribution in [1.29, 1.82) is 0 Å². The van der Waals surface area contributed by atoms with Crippen molar-refractivity contribution in [3.8, 4) is 11.3 Å². The van der Waals surface area contributed by atoms with Gasteiger partial charge < -0.3 is 0 Å². The summed E-state index contributed by atoms with van der Waals surface area (Å²) in [7, 11) is -3.35. The minimum absolute atomic E-state index is 0.00601. The number of thiophene rings is 1. The Morgan fingerprint density at radius 3 is 2.88 bits per heavy atom. The molecule has 0 bridgehead atoms. The first-order valence-electron chi connectivity index (χ1n) is 7.61. The Balaban J connectivity index is 1.54. The van der Waals surface area contributed by atoms with Crippen molar-refractivity contribution in [2.75, 3.05) is 6.54 Å². The van der Waals surface area contributed by atoms with Crippen LogP contribution in [0, 0.1) is 6.92 Å². The molecule has 1 N–H and O–H groups in total. The minimum Gasteiger partial charge on any atom is -0.271 e. The van der Waals surface area contributed by atoms with Gasteiger partial charge in [0.05, 0.1) is 18.0 Å². The van der Waals surface area contributed by atoms with E-state index in [9.17, 15) is 8.42 Å². The monoisotopic (exact) mass is 361 g/mol. The van der Waals surface area contributed by atoms with Gasteiger partial charge in [-0.3, -0.25) is 4.68 Å². The molecule has 0 aliphatic rings. The van der Waals surface area contributed by atoms with E-state index in [2.05, 4.69) is 9.82 Å². The lowest BCUT2D eigenvalue weighted by Gasteiger charge is -2.07. The van der Waals surface area contributed by atoms with Crippen molar-refractivity contribution >= 4 is 21.4 Å². The molecule has 7 heteroatoms. The van der Waals surface area contributed by atoms with E-state index in [1.54, 1.807) is 16.0 Å². The molecule has 2 aromatic heterocycles. The number of hydrogen-bond acceptors (Lipinski definition) is 4. The molecule has 3 rings (SSSR count). The highest BCUT2D eigenvalue weighted by atomic mass is 32.2. The maximum atomic E-state index is 12.2. The van der Waals surface area contributed by atoms with E-state index in [1.165, 1.54) is 0 Å². The molecule has 0 atom stereocenters. The standard InChI is InChI=1S/C17H19N3O2S2/c1-14-3-2-4-15(11-14)13-24(21,22)18-7-9-20-8-5-17(19-20)16-6-10-23-12-16/h2-6,8,10-12,18H,7,9,13H2,1H3. The third-order valence-electron chi connectivity index (χ3n) is 3.56. The van der Waals surface area contributed by atoms with E-state index in [-0.39, 0.29) is 5.75 Å². The summed E-state index contributed by atoms with van der Waals surface area (Å²) in [5, 5.41) is 8.50. The second kappa shape index (κ2) is 7.29. The highest BCUT2D eigenvalue weighted by Crippen LogP contribution is 2.19. The molecular formula is C17H19N3O2S2. The number of nitrogens with one attached hydrogen (secondary N) is 1. The first-order chi connectivity index (χ1) is 11.5. The fourth-order valence-corrected chi connectivity index (χ4v) is 4.21. The molecule has 126 valence electrons. The van der Waals surface area contributed by atoms with Crippen LogP contribution in [-0.2, 0) is 22.3 Å². The molecule has 3 aromatic rings. The maximum Gasteiger partial charge on any atom is 0.215 e. The van der Waals surface area contributed by atoms with Gasteiger partial charge in [0.1, 0.15) is 0 Å². The number of rotatable bonds is 7. The Hall–Kier alpha value is -1.96. The van der Waals surface area contributed by atoms with Crippen molar-refractivity contribution in [2.24, 2.45) is 0 Å². The van der Waals surface area contributed by atoms with Crippen LogP contribution in [-0.4, -0.2) is 24.7 Å². The van der Waals surface area contributed by atoms with Crippen molar-refractivity contribution in [3.05, 3.63) is 64.5 Å². The van der Waals surface area contributed by atoms with E-state index in [4.69, 9.17) is 0 Å². The van der Waals surface area contributed by atoms with Crippen LogP contribution in [0.2, 0.25) is 0 Å².